The Hall–Kier alpha value is -0.980. The van der Waals surface area contributed by atoms with Gasteiger partial charge < -0.3 is 5.73 Å². The molecule has 0 amide bonds. The monoisotopic (exact) mass is 285 g/mol. The Morgan fingerprint density at radius 1 is 1.32 bits per heavy atom. The van der Waals surface area contributed by atoms with E-state index in [4.69, 9.17) is 5.73 Å². The van der Waals surface area contributed by atoms with Gasteiger partial charge in [0.05, 0.1) is 5.75 Å². The zero-order chi connectivity index (χ0) is 14.1. The summed E-state index contributed by atoms with van der Waals surface area (Å²) in [6.45, 7) is 3.34. The first kappa shape index (κ1) is 16.1. The molecule has 108 valence electrons. The fourth-order valence-corrected chi connectivity index (χ4v) is 3.29. The number of nitrogens with zero attached hydrogens (tertiary/aromatic N) is 2. The molecule has 0 unspecified atom stereocenters. The molecule has 1 heterocycles. The molecule has 19 heavy (non-hydrogen) atoms. The molecule has 0 saturated heterocycles. The zero-order valence-electron chi connectivity index (χ0n) is 11.5. The number of rotatable bonds is 9. The lowest BCUT2D eigenvalue weighted by molar-refractivity contribution is 0.410. The Morgan fingerprint density at radius 3 is 2.68 bits per heavy atom. The first-order valence-corrected chi connectivity index (χ1v) is 8.29. The molecule has 0 saturated carbocycles. The van der Waals surface area contributed by atoms with Crippen LogP contribution in [0.25, 0.3) is 0 Å². The Morgan fingerprint density at radius 2 is 2.11 bits per heavy atom. The molecule has 5 nitrogen and oxygen atoms in total. The van der Waals surface area contributed by atoms with Crippen LogP contribution in [0.1, 0.15) is 25.5 Å². The summed E-state index contributed by atoms with van der Waals surface area (Å²) in [5.74, 6) is 0.0910. The van der Waals surface area contributed by atoms with Crippen LogP contribution >= 0.6 is 0 Å². The van der Waals surface area contributed by atoms with Gasteiger partial charge in [-0.05, 0) is 18.6 Å². The maximum atomic E-state index is 12.2. The average molecular weight is 285 g/mol. The van der Waals surface area contributed by atoms with E-state index in [0.717, 1.165) is 18.5 Å². The molecule has 6 heteroatoms. The molecular formula is C13H23N3O2S. The van der Waals surface area contributed by atoms with Crippen molar-refractivity contribution >= 4 is 10.0 Å². The highest BCUT2D eigenvalue weighted by Gasteiger charge is 2.20. The van der Waals surface area contributed by atoms with Crippen LogP contribution in [0.3, 0.4) is 0 Å². The minimum atomic E-state index is -3.24. The molecule has 0 aromatic carbocycles. The summed E-state index contributed by atoms with van der Waals surface area (Å²) < 4.78 is 26.0. The first-order valence-electron chi connectivity index (χ1n) is 6.68. The van der Waals surface area contributed by atoms with Crippen LogP contribution in [-0.4, -0.2) is 43.1 Å². The second-order valence-corrected chi connectivity index (χ2v) is 6.52. The summed E-state index contributed by atoms with van der Waals surface area (Å²) in [4.78, 5) is 4.14. The van der Waals surface area contributed by atoms with Gasteiger partial charge in [-0.3, -0.25) is 4.98 Å². The molecule has 1 aromatic rings. The molecule has 0 aliphatic carbocycles. The molecule has 1 aromatic heterocycles. The Labute approximate surface area is 115 Å². The van der Waals surface area contributed by atoms with E-state index in [-0.39, 0.29) is 5.75 Å². The second-order valence-electron chi connectivity index (χ2n) is 4.43. The van der Waals surface area contributed by atoms with E-state index in [9.17, 15) is 8.42 Å². The van der Waals surface area contributed by atoms with Gasteiger partial charge in [0, 0.05) is 37.9 Å². The van der Waals surface area contributed by atoms with Gasteiger partial charge in [-0.15, -0.1) is 0 Å². The van der Waals surface area contributed by atoms with Crippen molar-refractivity contribution in [2.75, 3.05) is 25.4 Å². The maximum Gasteiger partial charge on any atom is 0.214 e. The molecule has 0 bridgehead atoms. The standard InChI is InChI=1S/C13H23N3O2S/c1-2-3-10-16(11-8-14)19(17,18)12-7-13-6-4-5-9-15-13/h4-6,9H,2-3,7-8,10-12,14H2,1H3. The third-order valence-electron chi connectivity index (χ3n) is 2.88. The number of aromatic nitrogens is 1. The summed E-state index contributed by atoms with van der Waals surface area (Å²) in [5, 5.41) is 0. The smallest absolute Gasteiger partial charge is 0.214 e. The molecule has 0 fully saturated rings. The van der Waals surface area contributed by atoms with Crippen LogP contribution < -0.4 is 5.73 Å². The molecule has 0 atom stereocenters. The Kier molecular flexibility index (Phi) is 6.97. The van der Waals surface area contributed by atoms with Gasteiger partial charge in [-0.2, -0.15) is 0 Å². The van der Waals surface area contributed by atoms with Crippen molar-refractivity contribution in [3.63, 3.8) is 0 Å². The van der Waals surface area contributed by atoms with E-state index < -0.39 is 10.0 Å². The zero-order valence-corrected chi connectivity index (χ0v) is 12.3. The third-order valence-corrected chi connectivity index (χ3v) is 4.75. The van der Waals surface area contributed by atoms with E-state index in [1.165, 1.54) is 4.31 Å². The number of hydrogen-bond donors (Lipinski definition) is 1. The second kappa shape index (κ2) is 8.24. The number of pyridine rings is 1. The molecule has 0 radical (unpaired) electrons. The predicted octanol–water partition coefficient (Wildman–Crippen LogP) is 1.01. The van der Waals surface area contributed by atoms with Gasteiger partial charge in [0.25, 0.3) is 0 Å². The van der Waals surface area contributed by atoms with Gasteiger partial charge in [0.15, 0.2) is 0 Å². The lowest BCUT2D eigenvalue weighted by Crippen LogP contribution is -2.38. The number of aryl methyl sites for hydroxylation is 1. The highest BCUT2D eigenvalue weighted by molar-refractivity contribution is 7.89. The van der Waals surface area contributed by atoms with Crippen molar-refractivity contribution < 1.29 is 8.42 Å². The van der Waals surface area contributed by atoms with E-state index in [1.807, 2.05) is 25.1 Å². The van der Waals surface area contributed by atoms with E-state index in [0.29, 0.717) is 26.1 Å². The minimum Gasteiger partial charge on any atom is -0.329 e. The van der Waals surface area contributed by atoms with Crippen LogP contribution in [0, 0.1) is 0 Å². The molecule has 0 aliphatic heterocycles. The first-order chi connectivity index (χ1) is 9.10. The van der Waals surface area contributed by atoms with E-state index in [1.54, 1.807) is 6.20 Å². The van der Waals surface area contributed by atoms with Crippen molar-refractivity contribution in [2.24, 2.45) is 5.73 Å². The van der Waals surface area contributed by atoms with Crippen LogP contribution in [0.4, 0.5) is 0 Å². The Balaban J connectivity index is 2.61. The van der Waals surface area contributed by atoms with Crippen LogP contribution in [-0.2, 0) is 16.4 Å². The Bertz CT molecular complexity index is 448. The quantitative estimate of drug-likeness (QED) is 0.735. The van der Waals surface area contributed by atoms with Gasteiger partial charge in [-0.25, -0.2) is 12.7 Å². The summed E-state index contributed by atoms with van der Waals surface area (Å²) in [5.41, 5.74) is 6.29. The van der Waals surface area contributed by atoms with E-state index >= 15 is 0 Å². The van der Waals surface area contributed by atoms with Crippen molar-refractivity contribution in [3.05, 3.63) is 30.1 Å². The topological polar surface area (TPSA) is 76.3 Å². The number of sulfonamides is 1. The summed E-state index contributed by atoms with van der Waals surface area (Å²) in [7, 11) is -3.24. The van der Waals surface area contributed by atoms with Crippen LogP contribution in [0.2, 0.25) is 0 Å². The van der Waals surface area contributed by atoms with Crippen molar-refractivity contribution in [1.82, 2.24) is 9.29 Å². The lowest BCUT2D eigenvalue weighted by atomic mass is 10.3. The molecule has 1 rings (SSSR count). The molecule has 0 aliphatic rings. The number of hydrogen-bond acceptors (Lipinski definition) is 4. The van der Waals surface area contributed by atoms with Gasteiger partial charge in [0.1, 0.15) is 0 Å². The number of nitrogens with two attached hydrogens (primary N) is 1. The molecular weight excluding hydrogens is 262 g/mol. The molecule has 0 spiro atoms. The highest BCUT2D eigenvalue weighted by Crippen LogP contribution is 2.06. The van der Waals surface area contributed by atoms with Crippen LogP contribution in [0.5, 0.6) is 0 Å². The predicted molar refractivity (Wildman–Crippen MR) is 77.3 cm³/mol. The fourth-order valence-electron chi connectivity index (χ4n) is 1.78. The number of unbranched alkanes of at least 4 members (excludes halogenated alkanes) is 1. The van der Waals surface area contributed by atoms with Gasteiger partial charge in [-0.1, -0.05) is 19.4 Å². The van der Waals surface area contributed by atoms with Crippen molar-refractivity contribution in [3.8, 4) is 0 Å². The summed E-state index contributed by atoms with van der Waals surface area (Å²) >= 11 is 0. The highest BCUT2D eigenvalue weighted by atomic mass is 32.2. The van der Waals surface area contributed by atoms with Crippen LogP contribution in [0.15, 0.2) is 24.4 Å². The van der Waals surface area contributed by atoms with Gasteiger partial charge >= 0.3 is 0 Å². The van der Waals surface area contributed by atoms with Crippen molar-refractivity contribution in [2.45, 2.75) is 26.2 Å². The van der Waals surface area contributed by atoms with Gasteiger partial charge in [0.2, 0.25) is 10.0 Å². The van der Waals surface area contributed by atoms with Crippen molar-refractivity contribution in [1.29, 1.82) is 0 Å². The third kappa shape index (κ3) is 5.67. The average Bonchev–Trinajstić information content (AvgIpc) is 2.42. The lowest BCUT2D eigenvalue weighted by Gasteiger charge is -2.21. The fraction of sp³-hybridized carbons (Fsp3) is 0.615. The minimum absolute atomic E-state index is 0.0910. The maximum absolute atomic E-state index is 12.2. The normalized spacial score (nSPS) is 11.9. The summed E-state index contributed by atoms with van der Waals surface area (Å²) in [6.07, 6.45) is 3.95. The SMILES string of the molecule is CCCCN(CCN)S(=O)(=O)CCc1ccccn1. The summed E-state index contributed by atoms with van der Waals surface area (Å²) in [6, 6.07) is 5.53. The van der Waals surface area contributed by atoms with E-state index in [2.05, 4.69) is 4.98 Å². The molecule has 2 N–H and O–H groups in total. The largest absolute Gasteiger partial charge is 0.329 e.